The van der Waals surface area contributed by atoms with Crippen molar-refractivity contribution in [2.24, 2.45) is 5.92 Å². The van der Waals surface area contributed by atoms with Gasteiger partial charge in [0.2, 0.25) is 11.8 Å². The molecule has 0 radical (unpaired) electrons. The molecule has 3 amide bonds. The third-order valence-electron chi connectivity index (χ3n) is 4.04. The summed E-state index contributed by atoms with van der Waals surface area (Å²) in [4.78, 5) is 48.0. The molecule has 1 rings (SSSR count). The molecule has 0 unspecified atom stereocenters. The number of hydrogen-bond acceptors (Lipinski definition) is 5. The van der Waals surface area contributed by atoms with Crippen LogP contribution in [0, 0.1) is 5.92 Å². The van der Waals surface area contributed by atoms with E-state index in [9.17, 15) is 19.2 Å². The second-order valence-electron chi connectivity index (χ2n) is 7.69. The van der Waals surface area contributed by atoms with Gasteiger partial charge >= 0.3 is 6.09 Å². The SMILES string of the molecule is CC(=O)CCC(=O)N1CCC(CNC(=O)CNC(=O)OC(C)(C)C)CC1. The summed E-state index contributed by atoms with van der Waals surface area (Å²) >= 11 is 0. The predicted molar refractivity (Wildman–Crippen MR) is 96.5 cm³/mol. The van der Waals surface area contributed by atoms with Gasteiger partial charge < -0.3 is 25.1 Å². The summed E-state index contributed by atoms with van der Waals surface area (Å²) in [6.07, 6.45) is 1.56. The Kier molecular flexibility index (Phi) is 8.54. The van der Waals surface area contributed by atoms with Crippen LogP contribution in [0.4, 0.5) is 4.79 Å². The molecule has 0 saturated carbocycles. The Balaban J connectivity index is 2.19. The number of piperidine rings is 1. The molecule has 0 spiro atoms. The molecule has 1 heterocycles. The van der Waals surface area contributed by atoms with E-state index in [0.29, 0.717) is 32.0 Å². The number of carbonyl (C=O) groups is 4. The number of carbonyl (C=O) groups excluding carboxylic acids is 4. The van der Waals surface area contributed by atoms with Crippen LogP contribution in [0.3, 0.4) is 0 Å². The average molecular weight is 369 g/mol. The zero-order valence-corrected chi connectivity index (χ0v) is 16.2. The number of nitrogens with zero attached hydrogens (tertiary/aromatic N) is 1. The maximum atomic E-state index is 12.0. The van der Waals surface area contributed by atoms with Gasteiger partial charge in [0, 0.05) is 32.5 Å². The predicted octanol–water partition coefficient (Wildman–Crippen LogP) is 1.24. The first-order valence-corrected chi connectivity index (χ1v) is 9.07. The van der Waals surface area contributed by atoms with Gasteiger partial charge in [0.25, 0.3) is 0 Å². The molecular weight excluding hydrogens is 338 g/mol. The molecule has 8 heteroatoms. The molecule has 0 aromatic carbocycles. The van der Waals surface area contributed by atoms with E-state index in [2.05, 4.69) is 10.6 Å². The van der Waals surface area contributed by atoms with Crippen molar-refractivity contribution in [2.45, 2.75) is 59.0 Å². The molecule has 1 aliphatic rings. The lowest BCUT2D eigenvalue weighted by atomic mass is 9.96. The Morgan fingerprint density at radius 1 is 1.04 bits per heavy atom. The quantitative estimate of drug-likeness (QED) is 0.702. The molecule has 0 aromatic rings. The highest BCUT2D eigenvalue weighted by Crippen LogP contribution is 2.17. The van der Waals surface area contributed by atoms with E-state index in [1.807, 2.05) is 0 Å². The molecule has 0 aliphatic carbocycles. The zero-order chi connectivity index (χ0) is 19.7. The summed E-state index contributed by atoms with van der Waals surface area (Å²) in [6.45, 7) is 8.43. The molecule has 1 aliphatic heterocycles. The van der Waals surface area contributed by atoms with E-state index in [1.165, 1.54) is 6.92 Å². The Morgan fingerprint density at radius 2 is 1.65 bits per heavy atom. The van der Waals surface area contributed by atoms with E-state index in [1.54, 1.807) is 25.7 Å². The summed E-state index contributed by atoms with van der Waals surface area (Å²) in [5.41, 5.74) is -0.601. The molecule has 2 N–H and O–H groups in total. The van der Waals surface area contributed by atoms with Crippen LogP contribution in [0.5, 0.6) is 0 Å². The first-order valence-electron chi connectivity index (χ1n) is 9.07. The number of amides is 3. The van der Waals surface area contributed by atoms with Gasteiger partial charge in [0.05, 0.1) is 6.54 Å². The highest BCUT2D eigenvalue weighted by molar-refractivity contribution is 5.83. The second kappa shape index (κ2) is 10.1. The van der Waals surface area contributed by atoms with E-state index in [4.69, 9.17) is 4.74 Å². The Bertz CT molecular complexity index is 519. The number of likely N-dealkylation sites (tertiary alicyclic amines) is 1. The van der Waals surface area contributed by atoms with Crippen molar-refractivity contribution >= 4 is 23.7 Å². The van der Waals surface area contributed by atoms with Crippen LogP contribution in [0.15, 0.2) is 0 Å². The lowest BCUT2D eigenvalue weighted by molar-refractivity contribution is -0.134. The number of hydrogen-bond donors (Lipinski definition) is 2. The fourth-order valence-electron chi connectivity index (χ4n) is 2.61. The van der Waals surface area contributed by atoms with E-state index in [0.717, 1.165) is 12.8 Å². The van der Waals surface area contributed by atoms with Crippen LogP contribution in [0.2, 0.25) is 0 Å². The minimum absolute atomic E-state index is 0.0178. The number of nitrogens with one attached hydrogen (secondary N) is 2. The van der Waals surface area contributed by atoms with Gasteiger partial charge in [0.15, 0.2) is 0 Å². The third-order valence-corrected chi connectivity index (χ3v) is 4.04. The molecule has 0 atom stereocenters. The van der Waals surface area contributed by atoms with E-state index >= 15 is 0 Å². The van der Waals surface area contributed by atoms with Crippen molar-refractivity contribution in [3.05, 3.63) is 0 Å². The summed E-state index contributed by atoms with van der Waals surface area (Å²) in [5, 5.41) is 5.22. The number of ketones is 1. The Labute approximate surface area is 155 Å². The minimum atomic E-state index is -0.620. The van der Waals surface area contributed by atoms with Crippen molar-refractivity contribution in [3.63, 3.8) is 0 Å². The molecule has 0 bridgehead atoms. The number of Topliss-reactive ketones (excluding diaryl/α,β-unsaturated/α-hetero) is 1. The molecule has 0 aromatic heterocycles. The lowest BCUT2D eigenvalue weighted by Gasteiger charge is -2.32. The maximum absolute atomic E-state index is 12.0. The zero-order valence-electron chi connectivity index (χ0n) is 16.2. The second-order valence-corrected chi connectivity index (χ2v) is 7.69. The van der Waals surface area contributed by atoms with Crippen LogP contribution in [0.25, 0.3) is 0 Å². The topological polar surface area (TPSA) is 105 Å². The Hall–Kier alpha value is -2.12. The molecular formula is C18H31N3O5. The van der Waals surface area contributed by atoms with Crippen LogP contribution < -0.4 is 10.6 Å². The number of rotatable bonds is 7. The highest BCUT2D eigenvalue weighted by atomic mass is 16.6. The number of ether oxygens (including phenoxy) is 1. The molecule has 1 saturated heterocycles. The van der Waals surface area contributed by atoms with Crippen LogP contribution >= 0.6 is 0 Å². The summed E-state index contributed by atoms with van der Waals surface area (Å²) in [5.74, 6) is 0.0772. The monoisotopic (exact) mass is 369 g/mol. The van der Waals surface area contributed by atoms with Gasteiger partial charge in [-0.3, -0.25) is 9.59 Å². The maximum Gasteiger partial charge on any atom is 0.408 e. The fourth-order valence-corrected chi connectivity index (χ4v) is 2.61. The summed E-state index contributed by atoms with van der Waals surface area (Å²) in [6, 6.07) is 0. The van der Waals surface area contributed by atoms with Crippen LogP contribution in [-0.4, -0.2) is 60.4 Å². The van der Waals surface area contributed by atoms with Gasteiger partial charge in [0.1, 0.15) is 11.4 Å². The van der Waals surface area contributed by atoms with Gasteiger partial charge in [-0.25, -0.2) is 4.79 Å². The van der Waals surface area contributed by atoms with Crippen molar-refractivity contribution < 1.29 is 23.9 Å². The molecule has 148 valence electrons. The van der Waals surface area contributed by atoms with Crippen molar-refractivity contribution in [1.29, 1.82) is 0 Å². The van der Waals surface area contributed by atoms with Crippen LogP contribution in [-0.2, 0) is 19.1 Å². The van der Waals surface area contributed by atoms with E-state index in [-0.39, 0.29) is 30.6 Å². The molecule has 8 nitrogen and oxygen atoms in total. The largest absolute Gasteiger partial charge is 0.444 e. The van der Waals surface area contributed by atoms with Crippen LogP contribution in [0.1, 0.15) is 53.4 Å². The summed E-state index contributed by atoms with van der Waals surface area (Å²) in [7, 11) is 0. The summed E-state index contributed by atoms with van der Waals surface area (Å²) < 4.78 is 5.06. The first-order chi connectivity index (χ1) is 12.1. The first kappa shape index (κ1) is 21.9. The third kappa shape index (κ3) is 9.39. The minimum Gasteiger partial charge on any atom is -0.444 e. The molecule has 26 heavy (non-hydrogen) atoms. The average Bonchev–Trinajstić information content (AvgIpc) is 2.55. The van der Waals surface area contributed by atoms with Crippen molar-refractivity contribution in [2.75, 3.05) is 26.2 Å². The fraction of sp³-hybridized carbons (Fsp3) is 0.778. The van der Waals surface area contributed by atoms with Gasteiger partial charge in [-0.05, 0) is 46.5 Å². The smallest absolute Gasteiger partial charge is 0.408 e. The van der Waals surface area contributed by atoms with Gasteiger partial charge in [-0.1, -0.05) is 0 Å². The van der Waals surface area contributed by atoms with Gasteiger partial charge in [-0.15, -0.1) is 0 Å². The van der Waals surface area contributed by atoms with Gasteiger partial charge in [-0.2, -0.15) is 0 Å². The van der Waals surface area contributed by atoms with Crippen molar-refractivity contribution in [1.82, 2.24) is 15.5 Å². The standard InChI is InChI=1S/C18H31N3O5/c1-13(22)5-6-16(24)21-9-7-14(8-10-21)11-19-15(23)12-20-17(25)26-18(2,3)4/h14H,5-12H2,1-4H3,(H,19,23)(H,20,25). The lowest BCUT2D eigenvalue weighted by Crippen LogP contribution is -2.44. The molecule has 1 fully saturated rings. The Morgan fingerprint density at radius 3 is 2.19 bits per heavy atom. The normalized spacial score (nSPS) is 15.3. The highest BCUT2D eigenvalue weighted by Gasteiger charge is 2.23. The number of alkyl carbamates (subject to hydrolysis) is 1. The van der Waals surface area contributed by atoms with E-state index < -0.39 is 11.7 Å². The van der Waals surface area contributed by atoms with Crippen molar-refractivity contribution in [3.8, 4) is 0 Å².